The highest BCUT2D eigenvalue weighted by Gasteiger charge is 2.28. The van der Waals surface area contributed by atoms with Crippen LogP contribution in [0.25, 0.3) is 0 Å². The summed E-state index contributed by atoms with van der Waals surface area (Å²) in [4.78, 5) is 41.8. The first-order chi connectivity index (χ1) is 17.0. The average Bonchev–Trinajstić information content (AvgIpc) is 3.37. The summed E-state index contributed by atoms with van der Waals surface area (Å²) < 4.78 is 0. The van der Waals surface area contributed by atoms with E-state index in [2.05, 4.69) is 32.7 Å². The minimum atomic E-state index is -0.382. The summed E-state index contributed by atoms with van der Waals surface area (Å²) in [6.07, 6.45) is 5.85. The van der Waals surface area contributed by atoms with Crippen molar-refractivity contribution < 1.29 is 14.4 Å². The van der Waals surface area contributed by atoms with Crippen LogP contribution >= 0.6 is 11.3 Å². The van der Waals surface area contributed by atoms with Gasteiger partial charge in [0.1, 0.15) is 0 Å². The summed E-state index contributed by atoms with van der Waals surface area (Å²) in [5.74, 6) is -0.223. The van der Waals surface area contributed by atoms with Gasteiger partial charge in [0, 0.05) is 44.3 Å². The van der Waals surface area contributed by atoms with E-state index < -0.39 is 0 Å². The Morgan fingerprint density at radius 2 is 1.74 bits per heavy atom. The maximum Gasteiger partial charge on any atom is 0.286 e. The summed E-state index contributed by atoms with van der Waals surface area (Å²) in [5, 5.41) is 14.0. The first kappa shape index (κ1) is 25.2. The molecule has 2 N–H and O–H groups in total. The van der Waals surface area contributed by atoms with E-state index in [1.165, 1.54) is 19.3 Å². The fourth-order valence-corrected chi connectivity index (χ4v) is 5.45. The lowest BCUT2D eigenvalue weighted by Crippen LogP contribution is -2.43. The van der Waals surface area contributed by atoms with Crippen LogP contribution in [0.5, 0.6) is 0 Å². The van der Waals surface area contributed by atoms with E-state index in [0.717, 1.165) is 37.3 Å². The number of carbonyl (C=O) groups is 3. The molecule has 9 nitrogen and oxygen atoms in total. The predicted molar refractivity (Wildman–Crippen MR) is 135 cm³/mol. The number of likely N-dealkylation sites (tertiary alicyclic amines) is 2. The highest BCUT2D eigenvalue weighted by Crippen LogP contribution is 2.23. The van der Waals surface area contributed by atoms with Crippen molar-refractivity contribution in [1.82, 2.24) is 25.3 Å². The molecule has 0 bridgehead atoms. The molecule has 1 aromatic heterocycles. The molecule has 4 rings (SSSR count). The molecule has 3 heterocycles. The standard InChI is InChI=1S/C25H34N6O3S/c1-18-7-5-6-13-30(18)16-12-26-21(32)17-19-10-14-31(15-11-19)25(34)24-29-28-23(35-24)22(33)27-20-8-3-2-4-9-20/h2-4,8-9,18-19H,5-7,10-17H2,1H3,(H,26,32)(H,27,33). The van der Waals surface area contributed by atoms with Crippen molar-refractivity contribution in [2.45, 2.75) is 51.5 Å². The van der Waals surface area contributed by atoms with Crippen molar-refractivity contribution in [2.75, 3.05) is 38.0 Å². The van der Waals surface area contributed by atoms with Crippen molar-refractivity contribution >= 4 is 34.7 Å². The molecule has 1 aromatic carbocycles. The van der Waals surface area contributed by atoms with Crippen LogP contribution < -0.4 is 10.6 Å². The molecule has 1 atom stereocenters. The topological polar surface area (TPSA) is 108 Å². The van der Waals surface area contributed by atoms with Gasteiger partial charge < -0.3 is 15.5 Å². The second kappa shape index (κ2) is 12.2. The van der Waals surface area contributed by atoms with Crippen molar-refractivity contribution in [3.05, 3.63) is 40.3 Å². The maximum absolute atomic E-state index is 12.9. The minimum absolute atomic E-state index is 0.0950. The summed E-state index contributed by atoms with van der Waals surface area (Å²) in [7, 11) is 0. The second-order valence-corrected chi connectivity index (χ2v) is 10.4. The lowest BCUT2D eigenvalue weighted by Gasteiger charge is -2.33. The van der Waals surface area contributed by atoms with Crippen molar-refractivity contribution in [1.29, 1.82) is 0 Å². The van der Waals surface area contributed by atoms with Gasteiger partial charge in [-0.3, -0.25) is 19.3 Å². The first-order valence-corrected chi connectivity index (χ1v) is 13.3. The highest BCUT2D eigenvalue weighted by atomic mass is 32.1. The Bertz CT molecular complexity index is 1010. The highest BCUT2D eigenvalue weighted by molar-refractivity contribution is 7.15. The number of anilines is 1. The number of aromatic nitrogens is 2. The number of rotatable bonds is 8. The maximum atomic E-state index is 12.9. The van der Waals surface area contributed by atoms with Crippen LogP contribution in [0.4, 0.5) is 5.69 Å². The zero-order valence-electron chi connectivity index (χ0n) is 20.2. The number of hydrogen-bond donors (Lipinski definition) is 2. The van der Waals surface area contributed by atoms with Crippen LogP contribution in [-0.4, -0.2) is 76.5 Å². The molecular formula is C25H34N6O3S. The molecule has 2 saturated heterocycles. The van der Waals surface area contributed by atoms with Crippen molar-refractivity contribution in [2.24, 2.45) is 5.92 Å². The number of nitrogens with zero attached hydrogens (tertiary/aromatic N) is 4. The van der Waals surface area contributed by atoms with Crippen LogP contribution in [0.2, 0.25) is 0 Å². The van der Waals surface area contributed by atoms with E-state index in [1.807, 2.05) is 18.2 Å². The molecule has 0 radical (unpaired) electrons. The number of hydrogen-bond acceptors (Lipinski definition) is 7. The third-order valence-electron chi connectivity index (χ3n) is 6.87. The van der Waals surface area contributed by atoms with E-state index in [-0.39, 0.29) is 33.7 Å². The Balaban J connectivity index is 1.18. The number of para-hydroxylation sites is 1. The van der Waals surface area contributed by atoms with Gasteiger partial charge in [0.15, 0.2) is 0 Å². The van der Waals surface area contributed by atoms with Gasteiger partial charge >= 0.3 is 0 Å². The Labute approximate surface area is 210 Å². The fraction of sp³-hybridized carbons (Fsp3) is 0.560. The first-order valence-electron chi connectivity index (χ1n) is 12.5. The quantitative estimate of drug-likeness (QED) is 0.579. The molecule has 3 amide bonds. The number of carbonyl (C=O) groups excluding carboxylic acids is 3. The fourth-order valence-electron chi connectivity index (χ4n) is 4.75. The van der Waals surface area contributed by atoms with Crippen molar-refractivity contribution in [3.63, 3.8) is 0 Å². The largest absolute Gasteiger partial charge is 0.355 e. The van der Waals surface area contributed by atoms with Gasteiger partial charge in [0.05, 0.1) is 0 Å². The van der Waals surface area contributed by atoms with E-state index in [9.17, 15) is 14.4 Å². The van der Waals surface area contributed by atoms with Crippen LogP contribution in [0.15, 0.2) is 30.3 Å². The SMILES string of the molecule is CC1CCCCN1CCNC(=O)CC1CCN(C(=O)c2nnc(C(=O)Nc3ccccc3)s2)CC1. The number of piperidine rings is 2. The zero-order valence-corrected chi connectivity index (χ0v) is 21.1. The molecule has 0 aliphatic carbocycles. The molecule has 2 aliphatic heterocycles. The number of benzene rings is 1. The van der Waals surface area contributed by atoms with E-state index in [4.69, 9.17) is 0 Å². The van der Waals surface area contributed by atoms with Gasteiger partial charge in [-0.05, 0) is 57.2 Å². The molecule has 2 fully saturated rings. The molecule has 35 heavy (non-hydrogen) atoms. The normalized spacial score (nSPS) is 19.3. The van der Waals surface area contributed by atoms with Gasteiger partial charge in [0.2, 0.25) is 15.9 Å². The second-order valence-electron chi connectivity index (χ2n) is 9.40. The van der Waals surface area contributed by atoms with Crippen LogP contribution in [-0.2, 0) is 4.79 Å². The lowest BCUT2D eigenvalue weighted by molar-refractivity contribution is -0.122. The lowest BCUT2D eigenvalue weighted by atomic mass is 9.93. The van der Waals surface area contributed by atoms with E-state index in [1.54, 1.807) is 17.0 Å². The van der Waals surface area contributed by atoms with E-state index >= 15 is 0 Å². The van der Waals surface area contributed by atoms with Gasteiger partial charge in [0.25, 0.3) is 11.8 Å². The molecule has 188 valence electrons. The minimum Gasteiger partial charge on any atom is -0.355 e. The Morgan fingerprint density at radius 1 is 1.00 bits per heavy atom. The molecule has 0 spiro atoms. The molecule has 10 heteroatoms. The molecule has 1 unspecified atom stereocenters. The number of amides is 3. The summed E-state index contributed by atoms with van der Waals surface area (Å²) >= 11 is 1.00. The van der Waals surface area contributed by atoms with E-state index in [0.29, 0.717) is 37.8 Å². The van der Waals surface area contributed by atoms with Gasteiger partial charge in [-0.15, -0.1) is 10.2 Å². The Kier molecular flexibility index (Phi) is 8.81. The number of nitrogens with one attached hydrogen (secondary N) is 2. The predicted octanol–water partition coefficient (Wildman–Crippen LogP) is 3.02. The molecule has 2 aromatic rings. The van der Waals surface area contributed by atoms with Crippen molar-refractivity contribution in [3.8, 4) is 0 Å². The summed E-state index contributed by atoms with van der Waals surface area (Å²) in [6.45, 7) is 6.14. The van der Waals surface area contributed by atoms with Crippen LogP contribution in [0, 0.1) is 5.92 Å². The smallest absolute Gasteiger partial charge is 0.286 e. The molecule has 2 aliphatic rings. The Hall–Kier alpha value is -2.85. The van der Waals surface area contributed by atoms with Gasteiger partial charge in [-0.25, -0.2) is 0 Å². The Morgan fingerprint density at radius 3 is 2.49 bits per heavy atom. The van der Waals surface area contributed by atoms with Crippen LogP contribution in [0.3, 0.4) is 0 Å². The molecular weight excluding hydrogens is 464 g/mol. The average molecular weight is 499 g/mol. The van der Waals surface area contributed by atoms with Crippen LogP contribution in [0.1, 0.15) is 65.1 Å². The van der Waals surface area contributed by atoms with Gasteiger partial charge in [-0.2, -0.15) is 0 Å². The summed E-state index contributed by atoms with van der Waals surface area (Å²) in [6, 6.07) is 9.69. The summed E-state index contributed by atoms with van der Waals surface area (Å²) in [5.41, 5.74) is 0.660. The third-order valence-corrected chi connectivity index (χ3v) is 7.78. The van der Waals surface area contributed by atoms with Gasteiger partial charge in [-0.1, -0.05) is 36.0 Å². The monoisotopic (exact) mass is 498 g/mol. The zero-order chi connectivity index (χ0) is 24.6. The molecule has 0 saturated carbocycles. The third kappa shape index (κ3) is 7.08.